The van der Waals surface area contributed by atoms with E-state index >= 15 is 0 Å². The molecule has 0 unspecified atom stereocenters. The summed E-state index contributed by atoms with van der Waals surface area (Å²) < 4.78 is 26.2. The van der Waals surface area contributed by atoms with Crippen molar-refractivity contribution < 1.29 is 23.5 Å². The van der Waals surface area contributed by atoms with Crippen molar-refractivity contribution in [2.75, 3.05) is 31.6 Å². The summed E-state index contributed by atoms with van der Waals surface area (Å²) in [6.45, 7) is 2.08. The summed E-state index contributed by atoms with van der Waals surface area (Å²) >= 11 is 3.33. The monoisotopic (exact) mass is 498 g/mol. The highest BCUT2D eigenvalue weighted by Crippen LogP contribution is 2.26. The van der Waals surface area contributed by atoms with E-state index in [1.54, 1.807) is 53.4 Å². The molecule has 0 radical (unpaired) electrons. The van der Waals surface area contributed by atoms with Crippen LogP contribution in [0, 0.1) is 5.82 Å². The number of benzene rings is 3. The van der Waals surface area contributed by atoms with Gasteiger partial charge in [0.25, 0.3) is 11.8 Å². The molecule has 0 atom stereocenters. The van der Waals surface area contributed by atoms with Crippen LogP contribution >= 0.6 is 15.9 Å². The van der Waals surface area contributed by atoms with Crippen LogP contribution in [-0.4, -0.2) is 43.0 Å². The molecule has 1 aliphatic rings. The van der Waals surface area contributed by atoms with Crippen LogP contribution in [0.1, 0.15) is 20.7 Å². The zero-order valence-electron chi connectivity index (χ0n) is 17.0. The first-order valence-electron chi connectivity index (χ1n) is 10.0. The number of nitrogens with zero attached hydrogens (tertiary/aromatic N) is 1. The maximum Gasteiger partial charge on any atom is 0.255 e. The molecular formula is C24H20BrFN2O4. The average molecular weight is 499 g/mol. The van der Waals surface area contributed by atoms with E-state index in [4.69, 9.17) is 9.47 Å². The van der Waals surface area contributed by atoms with E-state index < -0.39 is 11.7 Å². The molecule has 3 aromatic rings. The molecule has 0 aliphatic carbocycles. The Balaban J connectivity index is 1.44. The van der Waals surface area contributed by atoms with Gasteiger partial charge in [0.15, 0.2) is 11.6 Å². The maximum atomic E-state index is 14.5. The first kappa shape index (κ1) is 22.0. The van der Waals surface area contributed by atoms with Crippen LogP contribution in [0.2, 0.25) is 0 Å². The van der Waals surface area contributed by atoms with Gasteiger partial charge in [-0.25, -0.2) is 4.39 Å². The molecule has 0 saturated carbocycles. The summed E-state index contributed by atoms with van der Waals surface area (Å²) in [5.74, 6) is -0.773. The second-order valence-corrected chi connectivity index (χ2v) is 8.06. The molecule has 1 saturated heterocycles. The van der Waals surface area contributed by atoms with Crippen molar-refractivity contribution >= 4 is 33.4 Å². The largest absolute Gasteiger partial charge is 0.454 e. The Hall–Kier alpha value is -3.23. The lowest BCUT2D eigenvalue weighted by Gasteiger charge is -2.27. The number of nitrogens with one attached hydrogen (secondary N) is 1. The van der Waals surface area contributed by atoms with Gasteiger partial charge in [-0.1, -0.05) is 22.0 Å². The van der Waals surface area contributed by atoms with Gasteiger partial charge in [0, 0.05) is 34.4 Å². The van der Waals surface area contributed by atoms with Gasteiger partial charge in [-0.15, -0.1) is 0 Å². The lowest BCUT2D eigenvalue weighted by atomic mass is 10.1. The van der Waals surface area contributed by atoms with Gasteiger partial charge in [0.2, 0.25) is 0 Å². The van der Waals surface area contributed by atoms with Crippen LogP contribution in [0.5, 0.6) is 11.5 Å². The molecular weight excluding hydrogens is 479 g/mol. The van der Waals surface area contributed by atoms with Crippen LogP contribution in [0.3, 0.4) is 0 Å². The van der Waals surface area contributed by atoms with E-state index in [0.717, 1.165) is 10.5 Å². The molecule has 4 rings (SSSR count). The van der Waals surface area contributed by atoms with Gasteiger partial charge < -0.3 is 19.7 Å². The summed E-state index contributed by atoms with van der Waals surface area (Å²) in [5, 5.41) is 2.71. The second-order valence-electron chi connectivity index (χ2n) is 7.14. The molecule has 3 aromatic carbocycles. The number of hydrogen-bond acceptors (Lipinski definition) is 4. The Kier molecular flexibility index (Phi) is 6.82. The summed E-state index contributed by atoms with van der Waals surface area (Å²) in [4.78, 5) is 27.0. The van der Waals surface area contributed by atoms with Crippen molar-refractivity contribution in [2.24, 2.45) is 0 Å². The van der Waals surface area contributed by atoms with E-state index in [9.17, 15) is 14.0 Å². The van der Waals surface area contributed by atoms with E-state index in [-0.39, 0.29) is 17.2 Å². The fourth-order valence-electron chi connectivity index (χ4n) is 3.24. The third kappa shape index (κ3) is 5.33. The highest BCUT2D eigenvalue weighted by Gasteiger charge is 2.19. The molecule has 32 heavy (non-hydrogen) atoms. The van der Waals surface area contributed by atoms with Crippen molar-refractivity contribution in [1.29, 1.82) is 0 Å². The summed E-state index contributed by atoms with van der Waals surface area (Å²) in [6, 6.07) is 17.7. The predicted molar refractivity (Wildman–Crippen MR) is 122 cm³/mol. The summed E-state index contributed by atoms with van der Waals surface area (Å²) in [5.41, 5.74) is 1.05. The van der Waals surface area contributed by atoms with Crippen molar-refractivity contribution in [2.45, 2.75) is 0 Å². The Morgan fingerprint density at radius 2 is 1.72 bits per heavy atom. The van der Waals surface area contributed by atoms with E-state index in [1.807, 2.05) is 0 Å². The van der Waals surface area contributed by atoms with E-state index in [2.05, 4.69) is 21.2 Å². The van der Waals surface area contributed by atoms with Gasteiger partial charge in [-0.3, -0.25) is 9.59 Å². The molecule has 2 amide bonds. The smallest absolute Gasteiger partial charge is 0.255 e. The lowest BCUT2D eigenvalue weighted by molar-refractivity contribution is 0.0303. The number of ether oxygens (including phenoxy) is 2. The van der Waals surface area contributed by atoms with Crippen LogP contribution in [0.15, 0.2) is 71.2 Å². The minimum absolute atomic E-state index is 0.0157. The second kappa shape index (κ2) is 9.93. The average Bonchev–Trinajstić information content (AvgIpc) is 2.82. The third-order valence-electron chi connectivity index (χ3n) is 4.90. The van der Waals surface area contributed by atoms with E-state index in [1.165, 1.54) is 12.1 Å². The third-order valence-corrected chi connectivity index (χ3v) is 5.43. The first-order chi connectivity index (χ1) is 15.5. The maximum absolute atomic E-state index is 14.5. The normalized spacial score (nSPS) is 13.5. The highest BCUT2D eigenvalue weighted by atomic mass is 79.9. The van der Waals surface area contributed by atoms with Crippen LogP contribution in [0.4, 0.5) is 10.1 Å². The van der Waals surface area contributed by atoms with Gasteiger partial charge in [-0.2, -0.15) is 0 Å². The zero-order chi connectivity index (χ0) is 22.5. The Morgan fingerprint density at radius 1 is 0.969 bits per heavy atom. The van der Waals surface area contributed by atoms with E-state index in [0.29, 0.717) is 43.3 Å². The highest BCUT2D eigenvalue weighted by molar-refractivity contribution is 9.10. The number of rotatable bonds is 5. The Labute approximate surface area is 193 Å². The molecule has 0 spiro atoms. The molecule has 1 heterocycles. The SMILES string of the molecule is O=C(Nc1cccc(C(=O)N2CCOCC2)c1)c1ccc(Oc2ccc(Br)cc2)c(F)c1. The summed E-state index contributed by atoms with van der Waals surface area (Å²) in [6.07, 6.45) is 0. The van der Waals surface area contributed by atoms with Crippen LogP contribution in [0.25, 0.3) is 0 Å². The van der Waals surface area contributed by atoms with Crippen LogP contribution < -0.4 is 10.1 Å². The molecule has 1 fully saturated rings. The van der Waals surface area contributed by atoms with Crippen molar-refractivity contribution in [3.05, 3.63) is 88.1 Å². The molecule has 8 heteroatoms. The number of carbonyl (C=O) groups is 2. The quantitative estimate of drug-likeness (QED) is 0.530. The Bertz CT molecular complexity index is 1130. The fourth-order valence-corrected chi connectivity index (χ4v) is 3.50. The number of hydrogen-bond donors (Lipinski definition) is 1. The molecule has 1 N–H and O–H groups in total. The molecule has 0 bridgehead atoms. The van der Waals surface area contributed by atoms with Gasteiger partial charge in [0.05, 0.1) is 13.2 Å². The minimum Gasteiger partial charge on any atom is -0.454 e. The Morgan fingerprint density at radius 3 is 2.44 bits per heavy atom. The van der Waals surface area contributed by atoms with Crippen LogP contribution in [-0.2, 0) is 4.74 Å². The molecule has 164 valence electrons. The number of amides is 2. The molecule has 6 nitrogen and oxygen atoms in total. The first-order valence-corrected chi connectivity index (χ1v) is 10.8. The predicted octanol–water partition coefficient (Wildman–Crippen LogP) is 5.11. The van der Waals surface area contributed by atoms with Gasteiger partial charge in [-0.05, 0) is 60.7 Å². The number of carbonyl (C=O) groups excluding carboxylic acids is 2. The molecule has 0 aromatic heterocycles. The lowest BCUT2D eigenvalue weighted by Crippen LogP contribution is -2.40. The van der Waals surface area contributed by atoms with Gasteiger partial charge in [0.1, 0.15) is 5.75 Å². The van der Waals surface area contributed by atoms with Crippen molar-refractivity contribution in [3.8, 4) is 11.5 Å². The number of halogens is 2. The minimum atomic E-state index is -0.656. The summed E-state index contributed by atoms with van der Waals surface area (Å²) in [7, 11) is 0. The number of anilines is 1. The topological polar surface area (TPSA) is 67.9 Å². The zero-order valence-corrected chi connectivity index (χ0v) is 18.6. The molecule has 1 aliphatic heterocycles. The standard InChI is InChI=1S/C24H20BrFN2O4/c25-18-5-7-20(8-6-18)32-22-9-4-16(15-21(22)26)23(29)27-19-3-1-2-17(14-19)24(30)28-10-12-31-13-11-28/h1-9,14-15H,10-13H2,(H,27,29). The number of morpholine rings is 1. The van der Waals surface area contributed by atoms with Gasteiger partial charge >= 0.3 is 0 Å². The fraction of sp³-hybridized carbons (Fsp3) is 0.167. The van der Waals surface area contributed by atoms with Crippen molar-refractivity contribution in [1.82, 2.24) is 4.90 Å². The van der Waals surface area contributed by atoms with Crippen molar-refractivity contribution in [3.63, 3.8) is 0 Å².